The summed E-state index contributed by atoms with van der Waals surface area (Å²) in [7, 11) is -76.9. The van der Waals surface area contributed by atoms with Gasteiger partial charge in [-0.3, -0.25) is 60.0 Å². The first-order chi connectivity index (χ1) is 40.6. The van der Waals surface area contributed by atoms with Crippen LogP contribution in [0.15, 0.2) is 48.6 Å². The van der Waals surface area contributed by atoms with E-state index in [-0.39, 0.29) is 58.4 Å². The predicted octanol–water partition coefficient (Wildman–Crippen LogP) is -11.3. The van der Waals surface area contributed by atoms with Crippen LogP contribution >= 0.6 is 0 Å². The van der Waals surface area contributed by atoms with Gasteiger partial charge >= 0.3 is 0 Å². The number of unbranched alkanes of at least 4 members (excludes halogenated alkanes) is 2. The summed E-state index contributed by atoms with van der Waals surface area (Å²) < 4.78 is 483. The summed E-state index contributed by atoms with van der Waals surface area (Å²) >= 11 is 0. The molecule has 62 heteroatoms. The van der Waals surface area contributed by atoms with Crippen molar-refractivity contribution in [1.82, 2.24) is 9.80 Å². The van der Waals surface area contributed by atoms with Crippen molar-refractivity contribution in [3.05, 3.63) is 48.6 Å². The first kappa shape index (κ1) is 80.8. The van der Waals surface area contributed by atoms with Crippen molar-refractivity contribution < 1.29 is 206 Å². The molecule has 0 aromatic rings. The summed E-state index contributed by atoms with van der Waals surface area (Å²) in [5, 5.41) is 0. The molecule has 0 saturated carbocycles. The van der Waals surface area contributed by atoms with E-state index in [4.69, 9.17) is 0 Å². The predicted molar refractivity (Wildman–Crippen MR) is 254 cm³/mol. The van der Waals surface area contributed by atoms with Crippen molar-refractivity contribution in [2.45, 2.75) is 117 Å². The third-order valence-corrected chi connectivity index (χ3v) is 17.0. The highest BCUT2D eigenvalue weighted by molar-refractivity contribution is 7.83. The molecule has 4 aliphatic carbocycles. The fourth-order valence-electron chi connectivity index (χ4n) is 9.12. The summed E-state index contributed by atoms with van der Waals surface area (Å²) in [5.74, 6) is 0. The van der Waals surface area contributed by atoms with Crippen LogP contribution in [0.4, 0.5) is 0 Å². The lowest BCUT2D eigenvalue weighted by Crippen LogP contribution is -2.64. The molecule has 0 N–H and O–H groups in total. The monoisotopic (exact) mass is 1560 g/mol. The molecular weight excluding hydrogens is 1530 g/mol. The van der Waals surface area contributed by atoms with Gasteiger partial charge in [0.15, 0.2) is 0 Å². The Morgan fingerprint density at radius 3 is 0.495 bits per heavy atom. The molecule has 4 aliphatic rings. The minimum Gasteiger partial charge on any atom is -0.726 e. The average Bonchev–Trinajstić information content (AvgIpc) is 0.768. The van der Waals surface area contributed by atoms with Crippen LogP contribution in [0.3, 0.4) is 0 Å². The Bertz CT molecular complexity index is 3660. The van der Waals surface area contributed by atoms with Crippen LogP contribution in [0.5, 0.6) is 0 Å². The lowest BCUT2D eigenvalue weighted by Gasteiger charge is -2.49. The zero-order valence-corrected chi connectivity index (χ0v) is 52.6. The highest BCUT2D eigenvalue weighted by Crippen LogP contribution is 2.38. The molecule has 50 nitrogen and oxygen atoms in total. The minimum atomic E-state index is -6.54. The molecule has 0 radical (unpaired) electrons. The highest BCUT2D eigenvalue weighted by Gasteiger charge is 2.53. The molecule has 0 heterocycles. The molecule has 0 spiro atoms. The largest absolute Gasteiger partial charge is 0.726 e. The summed E-state index contributed by atoms with van der Waals surface area (Å²) in [6.45, 7) is -2.67. The Hall–Kier alpha value is -2.68. The van der Waals surface area contributed by atoms with Crippen LogP contribution in [0.2, 0.25) is 0 Å². The van der Waals surface area contributed by atoms with Crippen LogP contribution in [0, 0.1) is 0 Å². The number of nitrogens with zero attached hydrogens (tertiary/aromatic N) is 2. The lowest BCUT2D eigenvalue weighted by atomic mass is 9.87. The second-order valence-corrected chi connectivity index (χ2v) is 29.8. The number of hydrogen-bond acceptors (Lipinski definition) is 50. The number of rotatable bonds is 34. The van der Waals surface area contributed by atoms with Gasteiger partial charge in [0.1, 0.15) is 73.2 Å². The van der Waals surface area contributed by atoms with Crippen LogP contribution in [-0.4, -0.2) is 276 Å². The summed E-state index contributed by atoms with van der Waals surface area (Å²) in [5.41, 5.74) is 0. The summed E-state index contributed by atoms with van der Waals surface area (Å²) in [6, 6.07) is -10.9. The summed E-state index contributed by atoms with van der Waals surface area (Å²) in [6.07, 6.45) is -39.4. The standard InChI is InChI=1S/C29H46N2O48S12/c32-80(33,34)68-18-8-4-14(22(72-84(44,45)46)26(18)76-88(56,57)58)30(15-5-9-19(69-81(35,36)37)27(77-89(59,60)61)23(15)73-85(47,48)49)12-2-1-3-13-31(16-6-10-20(70-82(38,39)40)28(78-90(62,63)64)24(16)74-86(50,51)52)17-7-11-21(71-83(41,42)43)29(79-91(65,66)67)25(17)75-87(53,54)55/h4-11,14-29H,1-3,12-13H2,(H,32,33,34)(H,35,36,37)(H,38,39,40)(H,41,42,43)(H,44,45,46)(H,47,48,49)(H,50,51,52)(H,53,54,55)(H,56,57,58)(H,59,60,61)(H,62,63,64)(H,65,66,67)/p-12/t14-,15-,16-,17-,18+,19+,20+,21+,22+,23+,24+,25+,26+,27+,28+,29+/m0/s1. The van der Waals surface area contributed by atoms with E-state index in [1.54, 1.807) is 0 Å². The zero-order chi connectivity index (χ0) is 70.1. The van der Waals surface area contributed by atoms with Gasteiger partial charge in [0.25, 0.3) is 0 Å². The Labute approximate surface area is 515 Å². The zero-order valence-electron chi connectivity index (χ0n) is 42.8. The van der Waals surface area contributed by atoms with Crippen LogP contribution < -0.4 is 0 Å². The molecule has 0 amide bonds. The van der Waals surface area contributed by atoms with E-state index in [1.165, 1.54) is 0 Å². The second kappa shape index (κ2) is 29.6. The molecule has 0 aromatic carbocycles. The second-order valence-electron chi connectivity index (χ2n) is 17.7. The Morgan fingerprint density at radius 1 is 0.209 bits per heavy atom. The first-order valence-electron chi connectivity index (χ1n) is 22.5. The van der Waals surface area contributed by atoms with E-state index in [2.05, 4.69) is 50.2 Å². The van der Waals surface area contributed by atoms with Gasteiger partial charge in [-0.05, 0) is 25.9 Å². The van der Waals surface area contributed by atoms with Gasteiger partial charge in [0, 0.05) is 0 Å². The molecule has 4 rings (SSSR count). The fraction of sp³-hybridized carbons (Fsp3) is 0.724. The molecule has 0 saturated heterocycles. The van der Waals surface area contributed by atoms with Crippen molar-refractivity contribution in [1.29, 1.82) is 0 Å². The van der Waals surface area contributed by atoms with Crippen molar-refractivity contribution >= 4 is 125 Å². The van der Waals surface area contributed by atoms with E-state index >= 15 is 0 Å². The molecule has 532 valence electrons. The van der Waals surface area contributed by atoms with E-state index in [9.17, 15) is 156 Å². The number of hydrogen-bond donors (Lipinski definition) is 0. The van der Waals surface area contributed by atoms with Crippen molar-refractivity contribution in [2.75, 3.05) is 13.1 Å². The van der Waals surface area contributed by atoms with E-state index in [1.807, 2.05) is 0 Å². The Morgan fingerprint density at radius 2 is 0.352 bits per heavy atom. The van der Waals surface area contributed by atoms with E-state index < -0.39 is 255 Å². The Balaban J connectivity index is 2.09. The van der Waals surface area contributed by atoms with Gasteiger partial charge in [0.2, 0.25) is 125 Å². The van der Waals surface area contributed by atoms with Crippen LogP contribution in [0.25, 0.3) is 0 Å². The van der Waals surface area contributed by atoms with Crippen molar-refractivity contribution in [2.24, 2.45) is 0 Å². The first-order valence-corrected chi connectivity index (χ1v) is 38.5. The minimum absolute atomic E-state index is 0.155. The molecular formula is C29H34N2O48S12-12. The fourth-order valence-corrected chi connectivity index (χ4v) is 14.8. The smallest absolute Gasteiger partial charge is 0.218 e. The van der Waals surface area contributed by atoms with Gasteiger partial charge < -0.3 is 54.6 Å². The molecule has 91 heavy (non-hydrogen) atoms. The van der Waals surface area contributed by atoms with E-state index in [0.717, 1.165) is 0 Å². The lowest BCUT2D eigenvalue weighted by molar-refractivity contribution is -0.0844. The molecule has 0 fully saturated rings. The van der Waals surface area contributed by atoms with Gasteiger partial charge in [-0.2, -0.15) is 0 Å². The molecule has 0 aliphatic heterocycles. The molecule has 16 atom stereocenters. The van der Waals surface area contributed by atoms with Crippen LogP contribution in [0.1, 0.15) is 19.3 Å². The quantitative estimate of drug-likeness (QED) is 0.0250. The van der Waals surface area contributed by atoms with Gasteiger partial charge in [-0.15, -0.1) is 0 Å². The maximum absolute atomic E-state index is 12.3. The summed E-state index contributed by atoms with van der Waals surface area (Å²) in [4.78, 5) is 0.485. The highest BCUT2D eigenvalue weighted by atomic mass is 32.3. The molecule has 0 bridgehead atoms. The average molecular weight is 1560 g/mol. The maximum Gasteiger partial charge on any atom is 0.218 e. The molecule has 0 aromatic heterocycles. The van der Waals surface area contributed by atoms with Gasteiger partial charge in [0.05, 0.1) is 24.2 Å². The Kier molecular flexibility index (Phi) is 26.2. The topological polar surface area (TPSA) is 804 Å². The van der Waals surface area contributed by atoms with Crippen LogP contribution in [-0.2, 0) is 175 Å². The SMILES string of the molecule is O=S(=O)([O-])O[C@H]1[C@H](OS(=O)(=O)[O-])[C@@H](N(CCCCCN([C@H]2C=C[C@@H](OS(=O)(=O)[O-])[C@@H](OS(=O)(=O)[O-])[C@@H]2OS(=O)(=O)[O-])[C@H]2C=C[C@@H](OS(=O)(=O)[O-])[C@@H](OS(=O)(=O)[O-])[C@@H]2OS(=O)(=O)[O-])[C@H]2C=C[C@@H](OS(=O)(=O)[O-])[C@@H](OS(=O)(=O)[O-])[C@@H]2OS(=O)(=O)[O-])C=C[C@H]1OS(=O)(=O)[O-]. The third kappa shape index (κ3) is 28.5. The van der Waals surface area contributed by atoms with Crippen molar-refractivity contribution in [3.63, 3.8) is 0 Å². The maximum atomic E-state index is 12.3. The third-order valence-electron chi connectivity index (χ3n) is 11.5. The van der Waals surface area contributed by atoms with Gasteiger partial charge in [-0.25, -0.2) is 101 Å². The molecule has 0 unspecified atom stereocenters. The van der Waals surface area contributed by atoms with Crippen molar-refractivity contribution in [3.8, 4) is 0 Å². The van der Waals surface area contributed by atoms with Gasteiger partial charge in [-0.1, -0.05) is 55.0 Å². The van der Waals surface area contributed by atoms with E-state index in [0.29, 0.717) is 0 Å². The normalized spacial score (nSPS) is 30.5.